The molecular weight excluding hydrogens is 180 g/mol. The Morgan fingerprint density at radius 2 is 2.21 bits per heavy atom. The van der Waals surface area contributed by atoms with Crippen LogP contribution in [0, 0.1) is 31.6 Å². The van der Waals surface area contributed by atoms with Gasteiger partial charge in [0, 0.05) is 13.0 Å². The average Bonchev–Trinajstić information content (AvgIpc) is 2.71. The molecule has 0 amide bonds. The van der Waals surface area contributed by atoms with Crippen molar-refractivity contribution >= 4 is 0 Å². The Hall–Kier alpha value is -0.120. The van der Waals surface area contributed by atoms with E-state index < -0.39 is 0 Å². The molecule has 0 aromatic heterocycles. The van der Waals surface area contributed by atoms with Gasteiger partial charge in [0.25, 0.3) is 0 Å². The second kappa shape index (κ2) is 5.10. The first-order valence-electron chi connectivity index (χ1n) is 4.88. The first kappa shape index (κ1) is 10.4. The SMILES string of the molecule is COC[C@@H]1CCOC([C]2[CH][CH][CH][CH]2)O1. The minimum absolute atomic E-state index is 0.161. The van der Waals surface area contributed by atoms with Crippen LogP contribution in [0.15, 0.2) is 0 Å². The first-order chi connectivity index (χ1) is 6.90. The highest BCUT2D eigenvalue weighted by molar-refractivity contribution is 5.36. The largest absolute Gasteiger partial charge is 0.382 e. The summed E-state index contributed by atoms with van der Waals surface area (Å²) in [6.45, 7) is 1.38. The lowest BCUT2D eigenvalue weighted by molar-refractivity contribution is -0.209. The van der Waals surface area contributed by atoms with Gasteiger partial charge in [-0.2, -0.15) is 0 Å². The Morgan fingerprint density at radius 3 is 2.93 bits per heavy atom. The molecule has 1 unspecified atom stereocenters. The third-order valence-corrected chi connectivity index (χ3v) is 2.34. The molecule has 2 fully saturated rings. The molecule has 0 N–H and O–H groups in total. The van der Waals surface area contributed by atoms with E-state index in [1.807, 2.05) is 25.7 Å². The lowest BCUT2D eigenvalue weighted by atomic mass is 10.1. The third-order valence-electron chi connectivity index (χ3n) is 2.34. The summed E-state index contributed by atoms with van der Waals surface area (Å²) in [6.07, 6.45) is 8.86. The summed E-state index contributed by atoms with van der Waals surface area (Å²) < 4.78 is 16.3. The molecule has 1 saturated heterocycles. The van der Waals surface area contributed by atoms with E-state index in [0.29, 0.717) is 6.61 Å². The summed E-state index contributed by atoms with van der Waals surface area (Å²) in [5, 5.41) is 0. The van der Waals surface area contributed by atoms with Gasteiger partial charge in [-0.25, -0.2) is 0 Å². The van der Waals surface area contributed by atoms with Gasteiger partial charge in [0.15, 0.2) is 6.29 Å². The quantitative estimate of drug-likeness (QED) is 0.676. The Kier molecular flexibility index (Phi) is 3.79. The smallest absolute Gasteiger partial charge is 0.164 e. The van der Waals surface area contributed by atoms with E-state index in [4.69, 9.17) is 14.2 Å². The summed E-state index contributed by atoms with van der Waals surface area (Å²) in [5.74, 6) is 1.09. The van der Waals surface area contributed by atoms with Crippen molar-refractivity contribution in [3.63, 3.8) is 0 Å². The molecule has 1 aliphatic carbocycles. The summed E-state index contributed by atoms with van der Waals surface area (Å²) in [6, 6.07) is 0. The van der Waals surface area contributed by atoms with Crippen LogP contribution in [0.25, 0.3) is 0 Å². The van der Waals surface area contributed by atoms with E-state index in [2.05, 4.69) is 0 Å². The molecule has 3 heteroatoms. The fraction of sp³-hybridized carbons (Fsp3) is 0.545. The molecule has 0 aromatic rings. The zero-order chi connectivity index (χ0) is 9.80. The van der Waals surface area contributed by atoms with Gasteiger partial charge in [-0.05, 0) is 32.1 Å². The van der Waals surface area contributed by atoms with Crippen molar-refractivity contribution in [1.82, 2.24) is 0 Å². The molecule has 77 valence electrons. The van der Waals surface area contributed by atoms with E-state index in [9.17, 15) is 0 Å². The highest BCUT2D eigenvalue weighted by Gasteiger charge is 2.32. The van der Waals surface area contributed by atoms with Crippen LogP contribution in [0.3, 0.4) is 0 Å². The number of hydrogen-bond acceptors (Lipinski definition) is 3. The molecule has 14 heavy (non-hydrogen) atoms. The fourth-order valence-electron chi connectivity index (χ4n) is 1.62. The highest BCUT2D eigenvalue weighted by atomic mass is 16.7. The van der Waals surface area contributed by atoms with Crippen molar-refractivity contribution < 1.29 is 14.2 Å². The summed E-state index contributed by atoms with van der Waals surface area (Å²) in [4.78, 5) is 0. The molecule has 0 bridgehead atoms. The molecule has 2 atom stereocenters. The molecule has 1 heterocycles. The minimum Gasteiger partial charge on any atom is -0.382 e. The van der Waals surface area contributed by atoms with Crippen molar-refractivity contribution in [1.29, 1.82) is 0 Å². The zero-order valence-corrected chi connectivity index (χ0v) is 8.31. The number of methoxy groups -OCH3 is 1. The molecule has 2 aliphatic rings. The van der Waals surface area contributed by atoms with Gasteiger partial charge in [0.05, 0.1) is 19.3 Å². The van der Waals surface area contributed by atoms with Crippen molar-refractivity contribution in [3.05, 3.63) is 31.6 Å². The van der Waals surface area contributed by atoms with Crippen LogP contribution in [0.2, 0.25) is 0 Å². The van der Waals surface area contributed by atoms with Crippen LogP contribution >= 0.6 is 0 Å². The van der Waals surface area contributed by atoms with Crippen molar-refractivity contribution in [2.75, 3.05) is 20.3 Å². The Bertz CT molecular complexity index is 164. The second-order valence-electron chi connectivity index (χ2n) is 3.42. The van der Waals surface area contributed by atoms with Gasteiger partial charge in [-0.1, -0.05) is 0 Å². The topological polar surface area (TPSA) is 27.7 Å². The monoisotopic (exact) mass is 195 g/mol. The predicted molar refractivity (Wildman–Crippen MR) is 51.5 cm³/mol. The molecule has 0 spiro atoms. The highest BCUT2D eigenvalue weighted by Crippen LogP contribution is 2.31. The van der Waals surface area contributed by atoms with Crippen LogP contribution in [-0.4, -0.2) is 32.7 Å². The molecule has 0 aromatic carbocycles. The second-order valence-corrected chi connectivity index (χ2v) is 3.42. The predicted octanol–water partition coefficient (Wildman–Crippen LogP) is 1.17. The number of hydrogen-bond donors (Lipinski definition) is 0. The van der Waals surface area contributed by atoms with Gasteiger partial charge in [0.1, 0.15) is 0 Å². The molecule has 3 nitrogen and oxygen atoms in total. The lowest BCUT2D eigenvalue weighted by Gasteiger charge is -2.32. The van der Waals surface area contributed by atoms with Gasteiger partial charge in [0.2, 0.25) is 0 Å². The summed E-state index contributed by atoms with van der Waals surface area (Å²) in [7, 11) is 1.69. The molecule has 2 rings (SSSR count). The van der Waals surface area contributed by atoms with Gasteiger partial charge >= 0.3 is 0 Å². The van der Waals surface area contributed by atoms with Crippen molar-refractivity contribution in [2.45, 2.75) is 18.8 Å². The molecule has 1 saturated carbocycles. The Labute approximate surface area is 85.7 Å². The van der Waals surface area contributed by atoms with E-state index >= 15 is 0 Å². The standard InChI is InChI=1S/C11H15O3/c1-12-8-10-6-7-13-11(14-10)9-4-2-3-5-9/h2-5,10-11H,6-8H2,1H3/t10-,11?/m0/s1. The first-order valence-corrected chi connectivity index (χ1v) is 4.88. The maximum Gasteiger partial charge on any atom is 0.164 e. The van der Waals surface area contributed by atoms with Crippen molar-refractivity contribution in [3.8, 4) is 0 Å². The fourth-order valence-corrected chi connectivity index (χ4v) is 1.62. The van der Waals surface area contributed by atoms with Crippen LogP contribution < -0.4 is 0 Å². The van der Waals surface area contributed by atoms with E-state index in [0.717, 1.165) is 18.9 Å². The maximum atomic E-state index is 5.72. The lowest BCUT2D eigenvalue weighted by Crippen LogP contribution is -2.38. The Morgan fingerprint density at radius 1 is 1.43 bits per heavy atom. The molecule has 1 aliphatic heterocycles. The molecular formula is C11H15O3. The Balaban J connectivity index is 1.80. The normalized spacial score (nSPS) is 34.9. The number of ether oxygens (including phenoxy) is 3. The number of rotatable bonds is 3. The summed E-state index contributed by atoms with van der Waals surface area (Å²) in [5.41, 5.74) is 0. The zero-order valence-electron chi connectivity index (χ0n) is 8.31. The molecule has 5 radical (unpaired) electrons. The van der Waals surface area contributed by atoms with Crippen LogP contribution in [-0.2, 0) is 14.2 Å². The van der Waals surface area contributed by atoms with E-state index in [1.54, 1.807) is 7.11 Å². The van der Waals surface area contributed by atoms with Crippen LogP contribution in [0.1, 0.15) is 6.42 Å². The minimum atomic E-state index is -0.209. The van der Waals surface area contributed by atoms with E-state index in [1.165, 1.54) is 0 Å². The van der Waals surface area contributed by atoms with Gasteiger partial charge in [-0.15, -0.1) is 0 Å². The van der Waals surface area contributed by atoms with Gasteiger partial charge < -0.3 is 14.2 Å². The maximum absolute atomic E-state index is 5.72. The van der Waals surface area contributed by atoms with E-state index in [-0.39, 0.29) is 12.4 Å². The van der Waals surface area contributed by atoms with Gasteiger partial charge in [-0.3, -0.25) is 0 Å². The van der Waals surface area contributed by atoms with Crippen LogP contribution in [0.4, 0.5) is 0 Å². The summed E-state index contributed by atoms with van der Waals surface area (Å²) >= 11 is 0. The third kappa shape index (κ3) is 2.47. The van der Waals surface area contributed by atoms with Crippen molar-refractivity contribution in [2.24, 2.45) is 0 Å². The van der Waals surface area contributed by atoms with Crippen LogP contribution in [0.5, 0.6) is 0 Å². The average molecular weight is 195 g/mol.